The lowest BCUT2D eigenvalue weighted by atomic mass is 10.1. The molecule has 0 fully saturated rings. The van der Waals surface area contributed by atoms with Crippen LogP contribution in [-0.2, 0) is 16.1 Å². The summed E-state index contributed by atoms with van der Waals surface area (Å²) in [4.78, 5) is 56.2. The fraction of sp³-hybridized carbons (Fsp3) is 0.478. The standard InChI is InChI=1S/C23H31N5O5/c1-13(2)10-27(19-20(24)28(11-14(3)4)23(32)25-21(19)30)22(31)18-12-26(15(5)29)16-8-6-7-9-17(16)33-18/h6-9,13-14,18H,10-12,24H2,1-5H3,(H,25,30,32). The number of amides is 2. The lowest BCUT2D eigenvalue weighted by Gasteiger charge is -2.36. The van der Waals surface area contributed by atoms with Crippen LogP contribution in [0.15, 0.2) is 33.9 Å². The molecule has 0 saturated carbocycles. The average Bonchev–Trinajstić information content (AvgIpc) is 2.74. The van der Waals surface area contributed by atoms with Gasteiger partial charge in [-0.15, -0.1) is 0 Å². The van der Waals surface area contributed by atoms with Crippen molar-refractivity contribution in [3.05, 3.63) is 45.1 Å². The van der Waals surface area contributed by atoms with E-state index in [4.69, 9.17) is 10.5 Å². The Morgan fingerprint density at radius 1 is 1.18 bits per heavy atom. The van der Waals surface area contributed by atoms with Gasteiger partial charge >= 0.3 is 5.69 Å². The molecule has 1 unspecified atom stereocenters. The van der Waals surface area contributed by atoms with Gasteiger partial charge < -0.3 is 20.3 Å². The van der Waals surface area contributed by atoms with Gasteiger partial charge in [-0.25, -0.2) is 4.79 Å². The first kappa shape index (κ1) is 24.1. The zero-order chi connectivity index (χ0) is 24.4. The van der Waals surface area contributed by atoms with E-state index in [0.29, 0.717) is 11.4 Å². The normalized spacial score (nSPS) is 15.4. The van der Waals surface area contributed by atoms with Crippen LogP contribution in [0.2, 0.25) is 0 Å². The summed E-state index contributed by atoms with van der Waals surface area (Å²) in [6, 6.07) is 6.96. The number of carbonyl (C=O) groups excluding carboxylic acids is 2. The second kappa shape index (κ2) is 9.51. The van der Waals surface area contributed by atoms with E-state index in [1.54, 1.807) is 24.3 Å². The average molecular weight is 458 g/mol. The minimum atomic E-state index is -1.05. The van der Waals surface area contributed by atoms with Gasteiger partial charge in [-0.1, -0.05) is 39.8 Å². The van der Waals surface area contributed by atoms with Gasteiger partial charge in [0, 0.05) is 20.0 Å². The number of aromatic amines is 1. The molecule has 1 aliphatic rings. The number of nitrogens with one attached hydrogen (secondary N) is 1. The summed E-state index contributed by atoms with van der Waals surface area (Å²) in [7, 11) is 0. The molecule has 1 aromatic heterocycles. The van der Waals surface area contributed by atoms with Crippen LogP contribution >= 0.6 is 0 Å². The van der Waals surface area contributed by atoms with Crippen molar-refractivity contribution >= 4 is 29.0 Å². The van der Waals surface area contributed by atoms with Crippen LogP contribution in [0.5, 0.6) is 5.75 Å². The highest BCUT2D eigenvalue weighted by atomic mass is 16.5. The molecule has 0 bridgehead atoms. The van der Waals surface area contributed by atoms with E-state index >= 15 is 0 Å². The molecule has 178 valence electrons. The molecule has 1 aliphatic heterocycles. The largest absolute Gasteiger partial charge is 0.476 e. The van der Waals surface area contributed by atoms with Gasteiger partial charge in [0.05, 0.1) is 12.2 Å². The zero-order valence-electron chi connectivity index (χ0n) is 19.6. The van der Waals surface area contributed by atoms with Gasteiger partial charge in [-0.3, -0.25) is 23.9 Å². The molecular weight excluding hydrogens is 426 g/mol. The van der Waals surface area contributed by atoms with E-state index < -0.39 is 23.3 Å². The minimum Gasteiger partial charge on any atom is -0.476 e. The predicted molar refractivity (Wildman–Crippen MR) is 127 cm³/mol. The molecular formula is C23H31N5O5. The number of anilines is 3. The van der Waals surface area contributed by atoms with E-state index in [9.17, 15) is 19.2 Å². The van der Waals surface area contributed by atoms with E-state index in [1.165, 1.54) is 21.3 Å². The van der Waals surface area contributed by atoms with Gasteiger partial charge in [-0.2, -0.15) is 0 Å². The number of hydrogen-bond donors (Lipinski definition) is 2. The fourth-order valence-electron chi connectivity index (χ4n) is 3.88. The highest BCUT2D eigenvalue weighted by Gasteiger charge is 2.37. The fourth-order valence-corrected chi connectivity index (χ4v) is 3.88. The molecule has 2 aromatic rings. The van der Waals surface area contributed by atoms with Crippen molar-refractivity contribution < 1.29 is 14.3 Å². The van der Waals surface area contributed by atoms with Crippen molar-refractivity contribution in [3.8, 4) is 5.75 Å². The molecule has 0 radical (unpaired) electrons. The number of H-pyrrole nitrogens is 1. The SMILES string of the molecule is CC(=O)N1CC(C(=O)N(CC(C)C)c2c(N)n(CC(C)C)c(=O)[nH]c2=O)Oc2ccccc21. The van der Waals surface area contributed by atoms with Crippen molar-refractivity contribution in [1.82, 2.24) is 9.55 Å². The molecule has 2 amide bonds. The van der Waals surface area contributed by atoms with E-state index in [0.717, 1.165) is 0 Å². The smallest absolute Gasteiger partial charge is 0.330 e. The zero-order valence-corrected chi connectivity index (χ0v) is 19.6. The first-order valence-corrected chi connectivity index (χ1v) is 11.0. The lowest BCUT2D eigenvalue weighted by molar-refractivity contribution is -0.125. The van der Waals surface area contributed by atoms with Crippen LogP contribution in [0.4, 0.5) is 17.2 Å². The molecule has 10 nitrogen and oxygen atoms in total. The monoisotopic (exact) mass is 457 g/mol. The van der Waals surface area contributed by atoms with Crippen LogP contribution in [-0.4, -0.2) is 40.6 Å². The summed E-state index contributed by atoms with van der Waals surface area (Å²) in [6.45, 7) is 9.48. The minimum absolute atomic E-state index is 0.0107. The maximum atomic E-state index is 13.7. The van der Waals surface area contributed by atoms with E-state index in [2.05, 4.69) is 4.98 Å². The number of carbonyl (C=O) groups is 2. The number of ether oxygens (including phenoxy) is 1. The number of fused-ring (bicyclic) bond motifs is 1. The first-order valence-electron chi connectivity index (χ1n) is 11.0. The van der Waals surface area contributed by atoms with Crippen LogP contribution < -0.4 is 31.5 Å². The highest BCUT2D eigenvalue weighted by molar-refractivity contribution is 6.01. The summed E-state index contributed by atoms with van der Waals surface area (Å²) in [5.41, 5.74) is 5.39. The Kier molecular flexibility index (Phi) is 6.95. The Labute approximate surface area is 191 Å². The summed E-state index contributed by atoms with van der Waals surface area (Å²) in [6.07, 6.45) is -1.05. The van der Waals surface area contributed by atoms with Crippen molar-refractivity contribution in [3.63, 3.8) is 0 Å². The number of nitrogens with two attached hydrogens (primary N) is 1. The number of para-hydroxylation sites is 2. The number of nitrogen functional groups attached to an aromatic ring is 1. The van der Waals surface area contributed by atoms with Crippen molar-refractivity contribution in [1.29, 1.82) is 0 Å². The number of rotatable bonds is 6. The summed E-state index contributed by atoms with van der Waals surface area (Å²) in [5.74, 6) is -0.365. The van der Waals surface area contributed by atoms with Gasteiger partial charge in [0.25, 0.3) is 11.5 Å². The maximum absolute atomic E-state index is 13.7. The molecule has 0 spiro atoms. The number of nitrogens with zero attached hydrogens (tertiary/aromatic N) is 3. The summed E-state index contributed by atoms with van der Waals surface area (Å²) in [5, 5.41) is 0. The van der Waals surface area contributed by atoms with E-state index in [1.807, 2.05) is 27.7 Å². The third-order valence-electron chi connectivity index (χ3n) is 5.27. The van der Waals surface area contributed by atoms with Gasteiger partial charge in [-0.05, 0) is 24.0 Å². The van der Waals surface area contributed by atoms with Crippen LogP contribution in [0, 0.1) is 11.8 Å². The molecule has 0 saturated heterocycles. The molecule has 0 aliphatic carbocycles. The second-order valence-electron chi connectivity index (χ2n) is 9.04. The Morgan fingerprint density at radius 3 is 2.45 bits per heavy atom. The number of benzene rings is 1. The van der Waals surface area contributed by atoms with Crippen LogP contribution in [0.1, 0.15) is 34.6 Å². The van der Waals surface area contributed by atoms with Crippen molar-refractivity contribution in [2.75, 3.05) is 28.6 Å². The Balaban J connectivity index is 2.08. The molecule has 10 heteroatoms. The van der Waals surface area contributed by atoms with E-state index in [-0.39, 0.29) is 48.9 Å². The number of hydrogen-bond acceptors (Lipinski definition) is 6. The molecule has 3 rings (SSSR count). The molecule has 1 aromatic carbocycles. The third kappa shape index (κ3) is 4.94. The Bertz CT molecular complexity index is 1170. The molecule has 3 N–H and O–H groups in total. The van der Waals surface area contributed by atoms with Crippen molar-refractivity contribution in [2.45, 2.75) is 47.3 Å². The van der Waals surface area contributed by atoms with Crippen LogP contribution in [0.25, 0.3) is 0 Å². The Hall–Kier alpha value is -3.56. The van der Waals surface area contributed by atoms with Crippen molar-refractivity contribution in [2.24, 2.45) is 11.8 Å². The molecule has 2 heterocycles. The lowest BCUT2D eigenvalue weighted by Crippen LogP contribution is -2.54. The Morgan fingerprint density at radius 2 is 1.85 bits per heavy atom. The number of aromatic nitrogens is 2. The van der Waals surface area contributed by atoms with Gasteiger partial charge in [0.2, 0.25) is 5.91 Å². The molecule has 1 atom stereocenters. The van der Waals surface area contributed by atoms with Gasteiger partial charge in [0.1, 0.15) is 11.6 Å². The predicted octanol–water partition coefficient (Wildman–Crippen LogP) is 1.58. The van der Waals surface area contributed by atoms with Gasteiger partial charge in [0.15, 0.2) is 11.8 Å². The first-order chi connectivity index (χ1) is 15.5. The molecule has 33 heavy (non-hydrogen) atoms. The third-order valence-corrected chi connectivity index (χ3v) is 5.27. The highest BCUT2D eigenvalue weighted by Crippen LogP contribution is 2.34. The maximum Gasteiger partial charge on any atom is 0.330 e. The van der Waals surface area contributed by atoms with Crippen LogP contribution in [0.3, 0.4) is 0 Å². The quantitative estimate of drug-likeness (QED) is 0.677. The second-order valence-corrected chi connectivity index (χ2v) is 9.04. The summed E-state index contributed by atoms with van der Waals surface area (Å²) >= 11 is 0. The topological polar surface area (TPSA) is 131 Å². The summed E-state index contributed by atoms with van der Waals surface area (Å²) < 4.78 is 7.21.